The molecule has 0 spiro atoms. The van der Waals surface area contributed by atoms with Gasteiger partial charge in [-0.3, -0.25) is 4.79 Å². The molecule has 0 saturated carbocycles. The van der Waals surface area contributed by atoms with E-state index in [2.05, 4.69) is 4.90 Å². The molecule has 0 aromatic heterocycles. The van der Waals surface area contributed by atoms with Gasteiger partial charge >= 0.3 is 0 Å². The molecule has 2 aromatic rings. The van der Waals surface area contributed by atoms with E-state index >= 15 is 0 Å². The lowest BCUT2D eigenvalue weighted by Crippen LogP contribution is -2.52. The maximum absolute atomic E-state index is 13.0. The van der Waals surface area contributed by atoms with Crippen LogP contribution in [-0.2, 0) is 4.79 Å². The number of rotatable bonds is 5. The lowest BCUT2D eigenvalue weighted by Gasteiger charge is -2.37. The minimum absolute atomic E-state index is 0.0282. The number of hydrogen-bond donors (Lipinski definition) is 0. The molecule has 0 bridgehead atoms. The summed E-state index contributed by atoms with van der Waals surface area (Å²) in [6.07, 6.45) is -0.555. The van der Waals surface area contributed by atoms with Crippen LogP contribution >= 0.6 is 0 Å². The van der Waals surface area contributed by atoms with Crippen LogP contribution in [-0.4, -0.2) is 50.2 Å². The Hall–Kier alpha value is -2.76. The quantitative estimate of drug-likeness (QED) is 0.824. The summed E-state index contributed by atoms with van der Waals surface area (Å²) in [6, 6.07) is 13.6. The van der Waals surface area contributed by atoms with Crippen molar-refractivity contribution in [2.24, 2.45) is 0 Å². The summed E-state index contributed by atoms with van der Waals surface area (Å²) in [7, 11) is 1.60. The van der Waals surface area contributed by atoms with E-state index in [1.165, 1.54) is 12.1 Å². The van der Waals surface area contributed by atoms with Gasteiger partial charge in [0, 0.05) is 31.9 Å². The molecule has 1 saturated heterocycles. The third kappa shape index (κ3) is 4.25. The molecular formula is C20H23FN2O3. The summed E-state index contributed by atoms with van der Waals surface area (Å²) in [5.41, 5.74) is 0.973. The van der Waals surface area contributed by atoms with E-state index in [1.54, 1.807) is 50.4 Å². The molecular weight excluding hydrogens is 335 g/mol. The van der Waals surface area contributed by atoms with Crippen molar-refractivity contribution in [3.8, 4) is 11.5 Å². The van der Waals surface area contributed by atoms with Crippen molar-refractivity contribution in [1.29, 1.82) is 0 Å². The first-order chi connectivity index (χ1) is 12.6. The van der Waals surface area contributed by atoms with E-state index in [9.17, 15) is 9.18 Å². The van der Waals surface area contributed by atoms with Crippen LogP contribution in [0.4, 0.5) is 10.1 Å². The summed E-state index contributed by atoms with van der Waals surface area (Å²) in [4.78, 5) is 16.6. The number of benzene rings is 2. The Morgan fingerprint density at radius 2 is 1.54 bits per heavy atom. The number of piperazine rings is 1. The highest BCUT2D eigenvalue weighted by Gasteiger charge is 2.26. The molecule has 1 unspecified atom stereocenters. The van der Waals surface area contributed by atoms with Gasteiger partial charge in [0.2, 0.25) is 0 Å². The lowest BCUT2D eigenvalue weighted by molar-refractivity contribution is -0.138. The van der Waals surface area contributed by atoms with Crippen molar-refractivity contribution < 1.29 is 18.7 Å². The first kappa shape index (κ1) is 18.0. The maximum atomic E-state index is 13.0. The van der Waals surface area contributed by atoms with Gasteiger partial charge in [-0.2, -0.15) is 0 Å². The molecule has 1 atom stereocenters. The third-order valence-corrected chi connectivity index (χ3v) is 4.50. The Labute approximate surface area is 152 Å². The average Bonchev–Trinajstić information content (AvgIpc) is 2.69. The molecule has 6 heteroatoms. The van der Waals surface area contributed by atoms with Crippen LogP contribution in [0.3, 0.4) is 0 Å². The first-order valence-electron chi connectivity index (χ1n) is 8.67. The second-order valence-corrected chi connectivity index (χ2v) is 6.22. The van der Waals surface area contributed by atoms with Crippen molar-refractivity contribution in [2.75, 3.05) is 38.2 Å². The van der Waals surface area contributed by atoms with E-state index in [4.69, 9.17) is 9.47 Å². The summed E-state index contributed by atoms with van der Waals surface area (Å²) in [5.74, 6) is 1.11. The monoisotopic (exact) mass is 358 g/mol. The molecule has 138 valence electrons. The molecule has 0 aliphatic carbocycles. The number of anilines is 1. The van der Waals surface area contributed by atoms with Gasteiger partial charge in [0.25, 0.3) is 5.91 Å². The Kier molecular flexibility index (Phi) is 5.61. The molecule has 0 radical (unpaired) electrons. The zero-order valence-corrected chi connectivity index (χ0v) is 15.0. The zero-order chi connectivity index (χ0) is 18.5. The smallest absolute Gasteiger partial charge is 0.263 e. The highest BCUT2D eigenvalue weighted by atomic mass is 19.1. The fraction of sp³-hybridized carbons (Fsp3) is 0.350. The van der Waals surface area contributed by atoms with Gasteiger partial charge in [0.15, 0.2) is 6.10 Å². The fourth-order valence-corrected chi connectivity index (χ4v) is 3.00. The number of ether oxygens (including phenoxy) is 2. The molecule has 1 fully saturated rings. The predicted octanol–water partition coefficient (Wildman–Crippen LogP) is 2.95. The summed E-state index contributed by atoms with van der Waals surface area (Å²) < 4.78 is 23.9. The SMILES string of the molecule is COc1ccc(OC(C)C(=O)N2CCN(c3ccc(F)cc3)CC2)cc1. The van der Waals surface area contributed by atoms with E-state index in [0.29, 0.717) is 31.9 Å². The number of nitrogens with zero attached hydrogens (tertiary/aromatic N) is 2. The van der Waals surface area contributed by atoms with Crippen molar-refractivity contribution >= 4 is 11.6 Å². The molecule has 5 nitrogen and oxygen atoms in total. The van der Waals surface area contributed by atoms with E-state index in [-0.39, 0.29) is 11.7 Å². The van der Waals surface area contributed by atoms with Crippen LogP contribution in [0.15, 0.2) is 48.5 Å². The van der Waals surface area contributed by atoms with Gasteiger partial charge in [-0.15, -0.1) is 0 Å². The Bertz CT molecular complexity index is 726. The topological polar surface area (TPSA) is 42.0 Å². The van der Waals surface area contributed by atoms with Crippen molar-refractivity contribution in [2.45, 2.75) is 13.0 Å². The predicted molar refractivity (Wildman–Crippen MR) is 98.3 cm³/mol. The highest BCUT2D eigenvalue weighted by Crippen LogP contribution is 2.20. The molecule has 0 N–H and O–H groups in total. The third-order valence-electron chi connectivity index (χ3n) is 4.50. The van der Waals surface area contributed by atoms with Gasteiger partial charge in [-0.05, 0) is 55.5 Å². The van der Waals surface area contributed by atoms with E-state index in [0.717, 1.165) is 11.4 Å². The van der Waals surface area contributed by atoms with Crippen molar-refractivity contribution in [3.63, 3.8) is 0 Å². The Morgan fingerprint density at radius 3 is 2.12 bits per heavy atom. The molecule has 2 aromatic carbocycles. The minimum Gasteiger partial charge on any atom is -0.497 e. The van der Waals surface area contributed by atoms with Crippen LogP contribution in [0, 0.1) is 5.82 Å². The molecule has 1 aliphatic rings. The van der Waals surface area contributed by atoms with E-state index in [1.807, 2.05) is 4.90 Å². The summed E-state index contributed by atoms with van der Waals surface area (Å²) >= 11 is 0. The molecule has 1 heterocycles. The zero-order valence-electron chi connectivity index (χ0n) is 15.0. The van der Waals surface area contributed by atoms with Gasteiger partial charge < -0.3 is 19.3 Å². The van der Waals surface area contributed by atoms with Crippen molar-refractivity contribution in [1.82, 2.24) is 4.90 Å². The van der Waals surface area contributed by atoms with Crippen LogP contribution in [0.2, 0.25) is 0 Å². The molecule has 1 amide bonds. The second kappa shape index (κ2) is 8.08. The number of halogens is 1. The number of hydrogen-bond acceptors (Lipinski definition) is 4. The molecule has 26 heavy (non-hydrogen) atoms. The van der Waals surface area contributed by atoms with Crippen molar-refractivity contribution in [3.05, 3.63) is 54.3 Å². The standard InChI is InChI=1S/C20H23FN2O3/c1-15(26-19-9-7-18(25-2)8-10-19)20(24)23-13-11-22(12-14-23)17-5-3-16(21)4-6-17/h3-10,15H,11-14H2,1-2H3. The number of amides is 1. The lowest BCUT2D eigenvalue weighted by atomic mass is 10.2. The maximum Gasteiger partial charge on any atom is 0.263 e. The Morgan fingerprint density at radius 1 is 0.962 bits per heavy atom. The Balaban J connectivity index is 1.52. The van der Waals surface area contributed by atoms with Gasteiger partial charge in [-0.25, -0.2) is 4.39 Å². The van der Waals surface area contributed by atoms with Gasteiger partial charge in [-0.1, -0.05) is 0 Å². The van der Waals surface area contributed by atoms with E-state index < -0.39 is 6.10 Å². The number of carbonyl (C=O) groups excluding carboxylic acids is 1. The fourth-order valence-electron chi connectivity index (χ4n) is 3.00. The van der Waals surface area contributed by atoms with Crippen LogP contribution in [0.1, 0.15) is 6.92 Å². The highest BCUT2D eigenvalue weighted by molar-refractivity contribution is 5.81. The van der Waals surface area contributed by atoms with Crippen LogP contribution < -0.4 is 14.4 Å². The average molecular weight is 358 g/mol. The van der Waals surface area contributed by atoms with Gasteiger partial charge in [0.1, 0.15) is 17.3 Å². The largest absolute Gasteiger partial charge is 0.497 e. The molecule has 1 aliphatic heterocycles. The summed E-state index contributed by atoms with van der Waals surface area (Å²) in [6.45, 7) is 4.43. The second-order valence-electron chi connectivity index (χ2n) is 6.22. The minimum atomic E-state index is -0.555. The number of methoxy groups -OCH3 is 1. The number of carbonyl (C=O) groups is 1. The summed E-state index contributed by atoms with van der Waals surface area (Å²) in [5, 5.41) is 0. The normalized spacial score (nSPS) is 15.5. The first-order valence-corrected chi connectivity index (χ1v) is 8.67. The van der Waals surface area contributed by atoms with Crippen LogP contribution in [0.25, 0.3) is 0 Å². The van der Waals surface area contributed by atoms with Crippen LogP contribution in [0.5, 0.6) is 11.5 Å². The molecule has 3 rings (SSSR count). The van der Waals surface area contributed by atoms with Gasteiger partial charge in [0.05, 0.1) is 7.11 Å².